The van der Waals surface area contributed by atoms with Gasteiger partial charge < -0.3 is 43.5 Å². The lowest BCUT2D eigenvalue weighted by Gasteiger charge is -2.44. The molecule has 0 unspecified atom stereocenters. The second-order valence-corrected chi connectivity index (χ2v) is 20.4. The Morgan fingerprint density at radius 1 is 0.838 bits per heavy atom. The van der Waals surface area contributed by atoms with Gasteiger partial charge in [0.05, 0.1) is 12.7 Å². The van der Waals surface area contributed by atoms with Crippen LogP contribution >= 0.6 is 0 Å². The topological polar surface area (TPSA) is 161 Å². The number of hydrogen-bond donors (Lipinski definition) is 4. The zero-order valence-corrected chi connectivity index (χ0v) is 25.5. The van der Waals surface area contributed by atoms with Crippen molar-refractivity contribution in [3.05, 3.63) is 0 Å². The molecule has 3 saturated heterocycles. The van der Waals surface area contributed by atoms with Crippen LogP contribution in [0.3, 0.4) is 0 Å². The van der Waals surface area contributed by atoms with Gasteiger partial charge in [0.25, 0.3) is 0 Å². The highest BCUT2D eigenvalue weighted by Crippen LogP contribution is 2.32. The highest BCUT2D eigenvalue weighted by Gasteiger charge is 2.47. The van der Waals surface area contributed by atoms with Gasteiger partial charge in [0.2, 0.25) is 0 Å². The number of aliphatic hydroxyl groups is 4. The van der Waals surface area contributed by atoms with E-state index in [1.165, 1.54) is 12.8 Å². The molecule has 3 heterocycles. The maximum absolute atomic E-state index is 12.3. The molecule has 0 saturated carbocycles. The van der Waals surface area contributed by atoms with Gasteiger partial charge >= 0.3 is 11.9 Å². The van der Waals surface area contributed by atoms with Crippen molar-refractivity contribution in [2.24, 2.45) is 5.92 Å². The summed E-state index contributed by atoms with van der Waals surface area (Å²) in [4.78, 5) is 23.0. The maximum atomic E-state index is 12.3. The van der Waals surface area contributed by atoms with Crippen LogP contribution in [0.4, 0.5) is 0 Å². The summed E-state index contributed by atoms with van der Waals surface area (Å²) < 4.78 is 27.2. The fourth-order valence-electron chi connectivity index (χ4n) is 3.96. The van der Waals surface area contributed by atoms with Gasteiger partial charge in [-0.2, -0.15) is 0 Å². The van der Waals surface area contributed by atoms with Crippen LogP contribution in [-0.2, 0) is 32.7 Å². The number of rotatable bonds is 6. The zero-order valence-electron chi connectivity index (χ0n) is 23.5. The molecule has 0 aromatic carbocycles. The first kappa shape index (κ1) is 34.1. The maximum Gasteiger partial charge on any atom is 0.338 e. The minimum atomic E-state index is -1.83. The van der Waals surface area contributed by atoms with Crippen LogP contribution in [0.5, 0.6) is 0 Å². The van der Waals surface area contributed by atoms with Crippen LogP contribution in [-0.4, -0.2) is 112 Å². The molecular weight excluding hydrogens is 520 g/mol. The van der Waals surface area contributed by atoms with E-state index in [-0.39, 0.29) is 24.1 Å². The summed E-state index contributed by atoms with van der Waals surface area (Å²) in [6, 6.07) is 0. The molecule has 4 N–H and O–H groups in total. The lowest BCUT2D eigenvalue weighted by atomic mass is 9.90. The molecule has 37 heavy (non-hydrogen) atoms. The summed E-state index contributed by atoms with van der Waals surface area (Å²) in [5, 5.41) is 35.5. The molecule has 0 amide bonds. The second kappa shape index (κ2) is 15.0. The molecule has 0 aromatic rings. The van der Waals surface area contributed by atoms with E-state index in [4.69, 9.17) is 38.8 Å². The van der Waals surface area contributed by atoms with Gasteiger partial charge in [-0.05, 0) is 58.5 Å². The van der Waals surface area contributed by atoms with Gasteiger partial charge in [0.15, 0.2) is 34.9 Å². The van der Waals surface area contributed by atoms with Gasteiger partial charge in [0, 0.05) is 19.1 Å². The van der Waals surface area contributed by atoms with Gasteiger partial charge in [-0.25, -0.2) is 9.59 Å². The average molecular weight is 569 g/mol. The molecule has 0 aromatic heterocycles. The number of ether oxygens (including phenoxy) is 3. The first-order chi connectivity index (χ1) is 17.0. The summed E-state index contributed by atoms with van der Waals surface area (Å²) in [6.07, 6.45) is -3.36. The van der Waals surface area contributed by atoms with Crippen LogP contribution in [0.25, 0.3) is 0 Å². The Bertz CT molecular complexity index is 696. The van der Waals surface area contributed by atoms with Crippen LogP contribution < -0.4 is 0 Å². The first-order valence-corrected chi connectivity index (χ1v) is 19.8. The fraction of sp³-hybridized carbons (Fsp3) is 0.917. The van der Waals surface area contributed by atoms with E-state index in [0.29, 0.717) is 0 Å². The molecular formula is C24H48O11Si2. The highest BCUT2D eigenvalue weighted by atomic mass is 28.4. The van der Waals surface area contributed by atoms with Crippen molar-refractivity contribution in [3.63, 3.8) is 0 Å². The van der Waals surface area contributed by atoms with E-state index < -0.39 is 59.7 Å². The molecule has 0 spiro atoms. The minimum Gasteiger partial charge on any atom is -0.460 e. The number of cyclic esters (lactones) is 2. The fourth-order valence-corrected chi connectivity index (χ4v) is 6.11. The van der Waals surface area contributed by atoms with Gasteiger partial charge in [-0.1, -0.05) is 13.8 Å². The number of carbonyl (C=O) groups is 2. The number of hydrogen-bond acceptors (Lipinski definition) is 11. The van der Waals surface area contributed by atoms with Crippen molar-refractivity contribution in [1.82, 2.24) is 0 Å². The van der Waals surface area contributed by atoms with Gasteiger partial charge in [0.1, 0.15) is 18.3 Å². The molecule has 218 valence electrons. The Labute approximate surface area is 222 Å². The van der Waals surface area contributed by atoms with Crippen molar-refractivity contribution in [3.8, 4) is 0 Å². The molecule has 3 fully saturated rings. The Morgan fingerprint density at radius 3 is 1.76 bits per heavy atom. The van der Waals surface area contributed by atoms with E-state index in [1.807, 2.05) is 6.92 Å². The second-order valence-electron chi connectivity index (χ2n) is 11.5. The molecule has 0 aliphatic carbocycles. The molecule has 3 aliphatic rings. The van der Waals surface area contributed by atoms with Gasteiger partial charge in [-0.3, -0.25) is 0 Å². The van der Waals surface area contributed by atoms with E-state index in [1.54, 1.807) is 0 Å². The standard InChI is InChI=1S/C14H30O4Si2.C6H10O6.C4H8O/c1-9-11-10(2)12(17-19(3,4)5)13(14(15)16-11)18-20(6,7)8;7-1-2-3(8)4(9)5(10)6(11)12-2;1-2-4-5-3-1/h10-13H,9H2,1-8H3;2-5,7-10H,1H2;1-4H2/t10-,11-,12+,13-;2-,3-,4+,5-;/m11./s1. The van der Waals surface area contributed by atoms with E-state index >= 15 is 0 Å². The molecule has 0 radical (unpaired) electrons. The monoisotopic (exact) mass is 568 g/mol. The third-order valence-corrected chi connectivity index (χ3v) is 7.79. The minimum absolute atomic E-state index is 0.0645. The van der Waals surface area contributed by atoms with Crippen molar-refractivity contribution < 1.29 is 53.1 Å². The quantitative estimate of drug-likeness (QED) is 0.269. The number of esters is 2. The van der Waals surface area contributed by atoms with Crippen molar-refractivity contribution in [2.45, 2.75) is 115 Å². The van der Waals surface area contributed by atoms with Crippen LogP contribution in [0.15, 0.2) is 0 Å². The highest BCUT2D eigenvalue weighted by molar-refractivity contribution is 6.70. The molecule has 3 rings (SSSR count). The molecule has 11 nitrogen and oxygen atoms in total. The molecule has 3 aliphatic heterocycles. The summed E-state index contributed by atoms with van der Waals surface area (Å²) >= 11 is 0. The van der Waals surface area contributed by atoms with Crippen molar-refractivity contribution in [1.29, 1.82) is 0 Å². The third kappa shape index (κ3) is 11.4. The lowest BCUT2D eigenvalue weighted by Crippen LogP contribution is -2.58. The lowest BCUT2D eigenvalue weighted by molar-refractivity contribution is -0.206. The normalized spacial score (nSPS) is 34.4. The largest absolute Gasteiger partial charge is 0.460 e. The Hall–Kier alpha value is -0.906. The van der Waals surface area contributed by atoms with Crippen LogP contribution in [0.2, 0.25) is 39.3 Å². The van der Waals surface area contributed by atoms with E-state index in [2.05, 4.69) is 50.9 Å². The molecule has 0 bridgehead atoms. The Kier molecular flexibility index (Phi) is 13.9. The van der Waals surface area contributed by atoms with Gasteiger partial charge in [-0.15, -0.1) is 0 Å². The van der Waals surface area contributed by atoms with Crippen molar-refractivity contribution in [2.75, 3.05) is 19.8 Å². The SMILES string of the molecule is C1CCOC1.CC[C@H]1OC(=O)[C@H](O[Si](C)(C)C)[C@@H](O[Si](C)(C)C)[C@@H]1C.O=C1O[C@H](CO)[C@@H](O)[C@H](O)[C@H]1O. The molecule has 8 atom stereocenters. The van der Waals surface area contributed by atoms with Crippen LogP contribution in [0.1, 0.15) is 33.1 Å². The predicted octanol–water partition coefficient (Wildman–Crippen LogP) is 1.18. The first-order valence-electron chi connectivity index (χ1n) is 13.0. The summed E-state index contributed by atoms with van der Waals surface area (Å²) in [7, 11) is -3.58. The Balaban J connectivity index is 0.000000335. The summed E-state index contributed by atoms with van der Waals surface area (Å²) in [5.74, 6) is -1.11. The zero-order chi connectivity index (χ0) is 28.6. The summed E-state index contributed by atoms with van der Waals surface area (Å²) in [5.41, 5.74) is 0. The smallest absolute Gasteiger partial charge is 0.338 e. The van der Waals surface area contributed by atoms with E-state index in [9.17, 15) is 9.59 Å². The van der Waals surface area contributed by atoms with E-state index in [0.717, 1.165) is 19.6 Å². The predicted molar refractivity (Wildman–Crippen MR) is 141 cm³/mol. The third-order valence-electron chi connectivity index (χ3n) is 5.85. The molecule has 13 heteroatoms. The average Bonchev–Trinajstić information content (AvgIpc) is 3.39. The Morgan fingerprint density at radius 2 is 1.35 bits per heavy atom. The van der Waals surface area contributed by atoms with Crippen LogP contribution in [0, 0.1) is 5.92 Å². The van der Waals surface area contributed by atoms with Crippen molar-refractivity contribution >= 4 is 28.6 Å². The number of carbonyl (C=O) groups excluding carboxylic acids is 2. The number of aliphatic hydroxyl groups excluding tert-OH is 4. The summed E-state index contributed by atoms with van der Waals surface area (Å²) in [6.45, 7) is 18.3.